The maximum absolute atomic E-state index is 12.8. The lowest BCUT2D eigenvalue weighted by atomic mass is 9.90. The van der Waals surface area contributed by atoms with Gasteiger partial charge in [-0.1, -0.05) is 12.8 Å². The van der Waals surface area contributed by atoms with Gasteiger partial charge in [0.05, 0.1) is 16.8 Å². The van der Waals surface area contributed by atoms with Crippen molar-refractivity contribution in [2.75, 3.05) is 0 Å². The molecule has 2 nitrogen and oxygen atoms in total. The Balaban J connectivity index is 2.48. The molecule has 1 heterocycles. The van der Waals surface area contributed by atoms with Gasteiger partial charge in [-0.05, 0) is 25.0 Å². The molecule has 0 aromatic carbocycles. The molecule has 88 valence electrons. The molecule has 1 aliphatic rings. The Kier molecular flexibility index (Phi) is 2.66. The average Bonchev–Trinajstić information content (AvgIpc) is 2.65. The molecule has 1 fully saturated rings. The predicted molar refractivity (Wildman–Crippen MR) is 53.6 cm³/mol. The van der Waals surface area contributed by atoms with Crippen molar-refractivity contribution >= 4 is 0 Å². The first-order valence-corrected chi connectivity index (χ1v) is 5.25. The van der Waals surface area contributed by atoms with Crippen molar-refractivity contribution in [2.24, 2.45) is 5.73 Å². The molecule has 0 aliphatic heterocycles. The van der Waals surface area contributed by atoms with E-state index in [1.807, 2.05) is 0 Å². The highest BCUT2D eigenvalue weighted by Crippen LogP contribution is 2.41. The summed E-state index contributed by atoms with van der Waals surface area (Å²) in [6.45, 7) is 0. The number of nitrogens with zero attached hydrogens (tertiary/aromatic N) is 1. The summed E-state index contributed by atoms with van der Waals surface area (Å²) in [7, 11) is 0. The summed E-state index contributed by atoms with van der Waals surface area (Å²) < 4.78 is 38.3. The summed E-state index contributed by atoms with van der Waals surface area (Å²) in [5, 5.41) is 0. The van der Waals surface area contributed by atoms with Gasteiger partial charge >= 0.3 is 6.18 Å². The van der Waals surface area contributed by atoms with Gasteiger partial charge in [-0.25, -0.2) is 0 Å². The lowest BCUT2D eigenvalue weighted by Crippen LogP contribution is -2.36. The van der Waals surface area contributed by atoms with Crippen LogP contribution in [0, 0.1) is 0 Å². The summed E-state index contributed by atoms with van der Waals surface area (Å²) in [5.74, 6) is 0. The van der Waals surface area contributed by atoms with Crippen LogP contribution in [0.4, 0.5) is 13.2 Å². The maximum atomic E-state index is 12.8. The van der Waals surface area contributed by atoms with Gasteiger partial charge < -0.3 is 5.73 Å². The highest BCUT2D eigenvalue weighted by atomic mass is 19.4. The number of nitrogens with two attached hydrogens (primary N) is 1. The van der Waals surface area contributed by atoms with E-state index in [0.29, 0.717) is 12.8 Å². The highest BCUT2D eigenvalue weighted by molar-refractivity contribution is 5.30. The summed E-state index contributed by atoms with van der Waals surface area (Å²) in [6, 6.07) is 2.35. The van der Waals surface area contributed by atoms with Crippen LogP contribution in [0.2, 0.25) is 0 Å². The smallest absolute Gasteiger partial charge is 0.320 e. The number of rotatable bonds is 1. The largest absolute Gasteiger partial charge is 0.418 e. The molecule has 0 radical (unpaired) electrons. The molecule has 0 bridgehead atoms. The molecule has 0 unspecified atom stereocenters. The Morgan fingerprint density at radius 2 is 1.88 bits per heavy atom. The molecular weight excluding hydrogens is 217 g/mol. The molecular formula is C11H13F3N2. The van der Waals surface area contributed by atoms with Gasteiger partial charge in [0.2, 0.25) is 0 Å². The zero-order valence-electron chi connectivity index (χ0n) is 8.72. The maximum Gasteiger partial charge on any atom is 0.418 e. The third-order valence-corrected chi connectivity index (χ3v) is 3.08. The van der Waals surface area contributed by atoms with E-state index in [2.05, 4.69) is 4.98 Å². The van der Waals surface area contributed by atoms with Crippen LogP contribution in [0.5, 0.6) is 0 Å². The number of hydrogen-bond donors (Lipinski definition) is 1. The normalized spacial score (nSPS) is 20.0. The Labute approximate surface area is 91.7 Å². The van der Waals surface area contributed by atoms with E-state index in [0.717, 1.165) is 18.9 Å². The van der Waals surface area contributed by atoms with Crippen LogP contribution in [0.15, 0.2) is 18.3 Å². The molecule has 16 heavy (non-hydrogen) atoms. The van der Waals surface area contributed by atoms with Crippen molar-refractivity contribution in [3.8, 4) is 0 Å². The van der Waals surface area contributed by atoms with Gasteiger partial charge in [0.25, 0.3) is 0 Å². The van der Waals surface area contributed by atoms with Crippen molar-refractivity contribution in [1.82, 2.24) is 4.98 Å². The van der Waals surface area contributed by atoms with E-state index in [-0.39, 0.29) is 5.69 Å². The second-order valence-corrected chi connectivity index (χ2v) is 4.26. The molecule has 0 spiro atoms. The summed E-state index contributed by atoms with van der Waals surface area (Å²) in [6.07, 6.45) is -0.120. The Bertz CT molecular complexity index is 381. The molecule has 1 saturated carbocycles. The van der Waals surface area contributed by atoms with Crippen LogP contribution in [0.3, 0.4) is 0 Å². The zero-order chi connectivity index (χ0) is 11.8. The lowest BCUT2D eigenvalue weighted by Gasteiger charge is -2.26. The molecule has 2 rings (SSSR count). The Morgan fingerprint density at radius 3 is 2.44 bits per heavy atom. The third kappa shape index (κ3) is 1.91. The van der Waals surface area contributed by atoms with Crippen molar-refractivity contribution in [3.05, 3.63) is 29.6 Å². The van der Waals surface area contributed by atoms with E-state index in [1.54, 1.807) is 0 Å². The van der Waals surface area contributed by atoms with Crippen molar-refractivity contribution in [1.29, 1.82) is 0 Å². The van der Waals surface area contributed by atoms with E-state index in [4.69, 9.17) is 5.73 Å². The Morgan fingerprint density at radius 1 is 1.25 bits per heavy atom. The first-order chi connectivity index (χ1) is 7.43. The molecule has 0 atom stereocenters. The first-order valence-electron chi connectivity index (χ1n) is 5.25. The SMILES string of the molecule is NC1(c2ncccc2C(F)(F)F)CCCC1. The molecule has 1 aliphatic carbocycles. The summed E-state index contributed by atoms with van der Waals surface area (Å²) >= 11 is 0. The first kappa shape index (κ1) is 11.4. The molecule has 5 heteroatoms. The fourth-order valence-electron chi connectivity index (χ4n) is 2.27. The minimum atomic E-state index is -4.38. The zero-order valence-corrected chi connectivity index (χ0v) is 8.72. The van der Waals surface area contributed by atoms with Crippen molar-refractivity contribution in [2.45, 2.75) is 37.4 Å². The van der Waals surface area contributed by atoms with Crippen LogP contribution < -0.4 is 5.73 Å². The van der Waals surface area contributed by atoms with Crippen molar-refractivity contribution in [3.63, 3.8) is 0 Å². The van der Waals surface area contributed by atoms with Crippen LogP contribution in [-0.2, 0) is 11.7 Å². The fraction of sp³-hybridized carbons (Fsp3) is 0.545. The van der Waals surface area contributed by atoms with Crippen LogP contribution >= 0.6 is 0 Å². The quantitative estimate of drug-likeness (QED) is 0.805. The molecule has 1 aromatic rings. The number of alkyl halides is 3. The minimum absolute atomic E-state index is 0.000000000000000666. The monoisotopic (exact) mass is 230 g/mol. The minimum Gasteiger partial charge on any atom is -0.320 e. The topological polar surface area (TPSA) is 38.9 Å². The van der Waals surface area contributed by atoms with Crippen LogP contribution in [0.1, 0.15) is 36.9 Å². The van der Waals surface area contributed by atoms with Crippen LogP contribution in [-0.4, -0.2) is 4.98 Å². The van der Waals surface area contributed by atoms with Gasteiger partial charge in [0, 0.05) is 6.20 Å². The number of pyridine rings is 1. The Hall–Kier alpha value is -1.10. The number of aromatic nitrogens is 1. The molecule has 2 N–H and O–H groups in total. The summed E-state index contributed by atoms with van der Waals surface area (Å²) in [5.41, 5.74) is 4.42. The van der Waals surface area contributed by atoms with Gasteiger partial charge in [-0.2, -0.15) is 13.2 Å². The van der Waals surface area contributed by atoms with E-state index < -0.39 is 17.3 Å². The van der Waals surface area contributed by atoms with E-state index in [9.17, 15) is 13.2 Å². The molecule has 0 saturated heterocycles. The van der Waals surface area contributed by atoms with Gasteiger partial charge in [0.15, 0.2) is 0 Å². The second kappa shape index (κ2) is 3.73. The third-order valence-electron chi connectivity index (χ3n) is 3.08. The summed E-state index contributed by atoms with van der Waals surface area (Å²) in [4.78, 5) is 3.85. The average molecular weight is 230 g/mol. The van der Waals surface area contributed by atoms with E-state index >= 15 is 0 Å². The molecule has 0 amide bonds. The van der Waals surface area contributed by atoms with E-state index in [1.165, 1.54) is 12.3 Å². The fourth-order valence-corrected chi connectivity index (χ4v) is 2.27. The number of halogens is 3. The van der Waals surface area contributed by atoms with Gasteiger partial charge in [-0.15, -0.1) is 0 Å². The second-order valence-electron chi connectivity index (χ2n) is 4.26. The van der Waals surface area contributed by atoms with Crippen LogP contribution in [0.25, 0.3) is 0 Å². The standard InChI is InChI=1S/C11H13F3N2/c12-11(13,14)8-4-3-7-16-9(8)10(15)5-1-2-6-10/h3-4,7H,1-2,5-6,15H2. The predicted octanol–water partition coefficient (Wildman–Crippen LogP) is 2.83. The van der Waals surface area contributed by atoms with Gasteiger partial charge in [-0.3, -0.25) is 4.98 Å². The molecule has 1 aromatic heterocycles. The highest BCUT2D eigenvalue weighted by Gasteiger charge is 2.42. The van der Waals surface area contributed by atoms with Gasteiger partial charge in [0.1, 0.15) is 0 Å². The van der Waals surface area contributed by atoms with Crippen molar-refractivity contribution < 1.29 is 13.2 Å². The number of hydrogen-bond acceptors (Lipinski definition) is 2. The lowest BCUT2D eigenvalue weighted by molar-refractivity contribution is -0.139.